The second kappa shape index (κ2) is 5.59. The molecule has 0 bridgehead atoms. The second-order valence-electron chi connectivity index (χ2n) is 3.81. The Morgan fingerprint density at radius 1 is 1.26 bits per heavy atom. The first-order chi connectivity index (χ1) is 8.97. The fourth-order valence-corrected chi connectivity index (χ4v) is 2.05. The van der Waals surface area contributed by atoms with Gasteiger partial charge in [0, 0.05) is 9.50 Å². The van der Waals surface area contributed by atoms with Crippen LogP contribution in [0, 0.1) is 5.82 Å². The lowest BCUT2D eigenvalue weighted by molar-refractivity contribution is 0.102. The van der Waals surface area contributed by atoms with Crippen LogP contribution in [-0.2, 0) is 0 Å². The molecule has 19 heavy (non-hydrogen) atoms. The number of nitrogens with one attached hydrogen (secondary N) is 1. The lowest BCUT2D eigenvalue weighted by atomic mass is 10.2. The Balaban J connectivity index is 2.25. The fraction of sp³-hybridized carbons (Fsp3) is 0. The number of nitrogens with two attached hydrogens (primary N) is 1. The summed E-state index contributed by atoms with van der Waals surface area (Å²) in [5.74, 6) is -1.26. The molecule has 98 valence electrons. The van der Waals surface area contributed by atoms with Gasteiger partial charge in [0.25, 0.3) is 5.91 Å². The van der Waals surface area contributed by atoms with E-state index in [2.05, 4.69) is 21.2 Å². The third kappa shape index (κ3) is 3.24. The van der Waals surface area contributed by atoms with Crippen LogP contribution in [0.1, 0.15) is 10.4 Å². The quantitative estimate of drug-likeness (QED) is 0.807. The van der Waals surface area contributed by atoms with E-state index < -0.39 is 11.7 Å². The molecule has 0 saturated heterocycles. The maximum Gasteiger partial charge on any atom is 0.258 e. The topological polar surface area (TPSA) is 55.1 Å². The van der Waals surface area contributed by atoms with E-state index in [1.807, 2.05) is 0 Å². The van der Waals surface area contributed by atoms with E-state index in [-0.39, 0.29) is 10.6 Å². The zero-order valence-electron chi connectivity index (χ0n) is 9.58. The third-order valence-electron chi connectivity index (χ3n) is 2.44. The van der Waals surface area contributed by atoms with Crippen molar-refractivity contribution in [3.8, 4) is 0 Å². The fourth-order valence-electron chi connectivity index (χ4n) is 1.51. The largest absolute Gasteiger partial charge is 0.397 e. The lowest BCUT2D eigenvalue weighted by Crippen LogP contribution is -2.14. The first kappa shape index (κ1) is 13.8. The van der Waals surface area contributed by atoms with Gasteiger partial charge in [-0.3, -0.25) is 4.79 Å². The number of benzene rings is 2. The molecule has 0 saturated carbocycles. The second-order valence-corrected chi connectivity index (χ2v) is 5.16. The van der Waals surface area contributed by atoms with Crippen molar-refractivity contribution >= 4 is 44.8 Å². The van der Waals surface area contributed by atoms with Crippen LogP contribution in [0.4, 0.5) is 15.8 Å². The van der Waals surface area contributed by atoms with Crippen molar-refractivity contribution in [3.05, 3.63) is 57.3 Å². The highest BCUT2D eigenvalue weighted by molar-refractivity contribution is 9.10. The molecule has 2 rings (SSSR count). The molecule has 0 radical (unpaired) electrons. The van der Waals surface area contributed by atoms with E-state index in [0.717, 1.165) is 10.5 Å². The molecule has 0 atom stereocenters. The maximum atomic E-state index is 13.6. The number of hydrogen-bond donors (Lipinski definition) is 2. The van der Waals surface area contributed by atoms with Crippen molar-refractivity contribution in [3.63, 3.8) is 0 Å². The van der Waals surface area contributed by atoms with Crippen LogP contribution < -0.4 is 11.1 Å². The number of rotatable bonds is 2. The summed E-state index contributed by atoms with van der Waals surface area (Å²) in [5, 5.41) is 2.78. The maximum absolute atomic E-state index is 13.6. The molecule has 0 heterocycles. The van der Waals surface area contributed by atoms with E-state index in [1.165, 1.54) is 12.1 Å². The molecule has 0 aliphatic rings. The molecule has 3 N–H and O–H groups in total. The van der Waals surface area contributed by atoms with Gasteiger partial charge in [-0.1, -0.05) is 27.5 Å². The van der Waals surface area contributed by atoms with Gasteiger partial charge < -0.3 is 11.1 Å². The first-order valence-corrected chi connectivity index (χ1v) is 6.46. The van der Waals surface area contributed by atoms with Crippen LogP contribution in [0.2, 0.25) is 5.02 Å². The van der Waals surface area contributed by atoms with Crippen LogP contribution in [0.25, 0.3) is 0 Å². The summed E-state index contributed by atoms with van der Waals surface area (Å²) >= 11 is 8.89. The Labute approximate surface area is 122 Å². The minimum Gasteiger partial charge on any atom is -0.397 e. The van der Waals surface area contributed by atoms with E-state index >= 15 is 0 Å². The van der Waals surface area contributed by atoms with Gasteiger partial charge in [0.2, 0.25) is 0 Å². The molecule has 0 fully saturated rings. The Kier molecular flexibility index (Phi) is 4.07. The number of anilines is 2. The van der Waals surface area contributed by atoms with Crippen LogP contribution in [-0.4, -0.2) is 5.91 Å². The van der Waals surface area contributed by atoms with Crippen molar-refractivity contribution in [2.75, 3.05) is 11.1 Å². The van der Waals surface area contributed by atoms with Crippen molar-refractivity contribution < 1.29 is 9.18 Å². The number of halogens is 3. The van der Waals surface area contributed by atoms with Crippen molar-refractivity contribution in [1.29, 1.82) is 0 Å². The van der Waals surface area contributed by atoms with Crippen LogP contribution in [0.15, 0.2) is 40.9 Å². The summed E-state index contributed by atoms with van der Waals surface area (Å²) < 4.78 is 14.4. The van der Waals surface area contributed by atoms with Crippen LogP contribution >= 0.6 is 27.5 Å². The smallest absolute Gasteiger partial charge is 0.258 e. The Bertz CT molecular complexity index is 649. The van der Waals surface area contributed by atoms with Gasteiger partial charge >= 0.3 is 0 Å². The zero-order chi connectivity index (χ0) is 14.0. The summed E-state index contributed by atoms with van der Waals surface area (Å²) in [6.07, 6.45) is 0. The van der Waals surface area contributed by atoms with Crippen LogP contribution in [0.3, 0.4) is 0 Å². The Morgan fingerprint density at radius 2 is 2.00 bits per heavy atom. The molecule has 0 aromatic heterocycles. The highest BCUT2D eigenvalue weighted by Crippen LogP contribution is 2.24. The molecule has 2 aromatic carbocycles. The molecular formula is C13H9BrClFN2O. The van der Waals surface area contributed by atoms with Crippen molar-refractivity contribution in [2.24, 2.45) is 0 Å². The van der Waals surface area contributed by atoms with E-state index in [4.69, 9.17) is 17.3 Å². The van der Waals surface area contributed by atoms with Crippen molar-refractivity contribution in [2.45, 2.75) is 0 Å². The Morgan fingerprint density at radius 3 is 2.63 bits per heavy atom. The van der Waals surface area contributed by atoms with Gasteiger partial charge in [-0.2, -0.15) is 0 Å². The predicted octanol–water partition coefficient (Wildman–Crippen LogP) is 4.08. The summed E-state index contributed by atoms with van der Waals surface area (Å²) in [4.78, 5) is 11.9. The van der Waals surface area contributed by atoms with E-state index in [1.54, 1.807) is 18.2 Å². The minimum atomic E-state index is -0.680. The molecule has 0 aliphatic carbocycles. The molecule has 2 aromatic rings. The van der Waals surface area contributed by atoms with Gasteiger partial charge in [0.15, 0.2) is 0 Å². The summed E-state index contributed by atoms with van der Waals surface area (Å²) in [6.45, 7) is 0. The van der Waals surface area contributed by atoms with Crippen molar-refractivity contribution in [1.82, 2.24) is 0 Å². The highest BCUT2D eigenvalue weighted by Gasteiger charge is 2.13. The van der Waals surface area contributed by atoms with E-state index in [9.17, 15) is 9.18 Å². The van der Waals surface area contributed by atoms with Gasteiger partial charge in [0.05, 0.1) is 16.9 Å². The summed E-state index contributed by atoms with van der Waals surface area (Å²) in [6, 6.07) is 8.86. The number of hydrogen-bond acceptors (Lipinski definition) is 2. The lowest BCUT2D eigenvalue weighted by Gasteiger charge is -2.09. The van der Waals surface area contributed by atoms with Gasteiger partial charge in [-0.25, -0.2) is 4.39 Å². The predicted molar refractivity (Wildman–Crippen MR) is 77.9 cm³/mol. The first-order valence-electron chi connectivity index (χ1n) is 5.29. The number of nitrogen functional groups attached to an aromatic ring is 1. The molecule has 6 heteroatoms. The third-order valence-corrected chi connectivity index (χ3v) is 3.17. The number of amides is 1. The molecule has 0 unspecified atom stereocenters. The minimum absolute atomic E-state index is 0.0910. The summed E-state index contributed by atoms with van der Waals surface area (Å²) in [5.41, 5.74) is 6.46. The number of carbonyl (C=O) groups is 1. The normalized spacial score (nSPS) is 10.3. The molecule has 0 spiro atoms. The zero-order valence-corrected chi connectivity index (χ0v) is 11.9. The monoisotopic (exact) mass is 342 g/mol. The molecule has 0 aliphatic heterocycles. The molecule has 3 nitrogen and oxygen atoms in total. The average molecular weight is 344 g/mol. The summed E-state index contributed by atoms with van der Waals surface area (Å²) in [7, 11) is 0. The molecular weight excluding hydrogens is 335 g/mol. The average Bonchev–Trinajstić information content (AvgIpc) is 2.32. The van der Waals surface area contributed by atoms with Gasteiger partial charge in [-0.15, -0.1) is 0 Å². The number of carbonyl (C=O) groups excluding carboxylic acids is 1. The van der Waals surface area contributed by atoms with E-state index in [0.29, 0.717) is 11.4 Å². The van der Waals surface area contributed by atoms with Gasteiger partial charge in [-0.05, 0) is 36.4 Å². The van der Waals surface area contributed by atoms with Gasteiger partial charge in [0.1, 0.15) is 5.82 Å². The molecule has 1 amide bonds. The Hall–Kier alpha value is -1.59. The SMILES string of the molecule is Nc1cc(Br)ccc1NC(=O)c1ccc(Cl)cc1F. The standard InChI is InChI=1S/C13H9BrClFN2O/c14-7-1-4-12(11(17)5-7)18-13(19)9-3-2-8(15)6-10(9)16/h1-6H,17H2,(H,18,19). The van der Waals surface area contributed by atoms with Crippen LogP contribution in [0.5, 0.6) is 0 Å². The highest BCUT2D eigenvalue weighted by atomic mass is 79.9.